The lowest BCUT2D eigenvalue weighted by molar-refractivity contribution is 0.308. The van der Waals surface area contributed by atoms with E-state index in [2.05, 4.69) is 37.4 Å². The van der Waals surface area contributed by atoms with Gasteiger partial charge in [-0.3, -0.25) is 0 Å². The van der Waals surface area contributed by atoms with E-state index >= 15 is 0 Å². The average Bonchev–Trinajstić information content (AvgIpc) is 2.47. The molecule has 2 heteroatoms. The van der Waals surface area contributed by atoms with Crippen molar-refractivity contribution >= 4 is 0 Å². The molecule has 0 saturated carbocycles. The molecule has 1 N–H and O–H groups in total. The summed E-state index contributed by atoms with van der Waals surface area (Å²) < 4.78 is 5.65. The van der Waals surface area contributed by atoms with Gasteiger partial charge in [0.25, 0.3) is 0 Å². The highest BCUT2D eigenvalue weighted by molar-refractivity contribution is 5.29. The van der Waals surface area contributed by atoms with Gasteiger partial charge in [0, 0.05) is 6.54 Å². The lowest BCUT2D eigenvalue weighted by atomic mass is 10.1. The van der Waals surface area contributed by atoms with Crippen LogP contribution in [0.25, 0.3) is 0 Å². The lowest BCUT2D eigenvalue weighted by Crippen LogP contribution is -2.17. The summed E-state index contributed by atoms with van der Waals surface area (Å²) in [7, 11) is 0. The smallest absolute Gasteiger partial charge is 0.119 e. The molecule has 0 aromatic heterocycles. The third-order valence-electron chi connectivity index (χ3n) is 3.41. The number of hydrogen-bond donors (Lipinski definition) is 1. The molecule has 0 atom stereocenters. The first-order valence-electron chi connectivity index (χ1n) is 7.20. The molecular formula is C18H23NO. The van der Waals surface area contributed by atoms with Gasteiger partial charge < -0.3 is 10.1 Å². The predicted octanol–water partition coefficient (Wildman–Crippen LogP) is 3.86. The molecule has 2 nitrogen and oxygen atoms in total. The van der Waals surface area contributed by atoms with Crippen LogP contribution in [0.1, 0.15) is 23.1 Å². The minimum Gasteiger partial charge on any atom is -0.494 e. The van der Waals surface area contributed by atoms with Gasteiger partial charge in [0.1, 0.15) is 5.75 Å². The molecule has 0 aliphatic rings. The fraction of sp³-hybridized carbons (Fsp3) is 0.333. The summed E-state index contributed by atoms with van der Waals surface area (Å²) in [6.45, 7) is 6.95. The maximum Gasteiger partial charge on any atom is 0.119 e. The molecule has 0 aliphatic carbocycles. The highest BCUT2D eigenvalue weighted by Gasteiger charge is 1.96. The third-order valence-corrected chi connectivity index (χ3v) is 3.41. The first-order valence-corrected chi connectivity index (χ1v) is 7.20. The molecule has 0 unspecified atom stereocenters. The van der Waals surface area contributed by atoms with E-state index in [9.17, 15) is 0 Å². The second-order valence-electron chi connectivity index (χ2n) is 5.11. The van der Waals surface area contributed by atoms with Crippen LogP contribution < -0.4 is 10.1 Å². The molecule has 2 rings (SSSR count). The first-order chi connectivity index (χ1) is 9.75. The molecule has 0 spiro atoms. The van der Waals surface area contributed by atoms with Gasteiger partial charge in [-0.15, -0.1) is 0 Å². The van der Waals surface area contributed by atoms with Crippen molar-refractivity contribution in [2.24, 2.45) is 0 Å². The van der Waals surface area contributed by atoms with Gasteiger partial charge in [-0.1, -0.05) is 36.4 Å². The monoisotopic (exact) mass is 269 g/mol. The molecule has 0 aliphatic heterocycles. The Morgan fingerprint density at radius 1 is 0.950 bits per heavy atom. The molecule has 0 heterocycles. The molecule has 0 saturated heterocycles. The van der Waals surface area contributed by atoms with Crippen LogP contribution in [0.2, 0.25) is 0 Å². The highest BCUT2D eigenvalue weighted by Crippen LogP contribution is 2.10. The average molecular weight is 269 g/mol. The number of aryl methyl sites for hydroxylation is 2. The topological polar surface area (TPSA) is 21.3 Å². The molecule has 2 aromatic carbocycles. The second-order valence-corrected chi connectivity index (χ2v) is 5.11. The normalized spacial score (nSPS) is 10.5. The van der Waals surface area contributed by atoms with E-state index < -0.39 is 0 Å². The van der Waals surface area contributed by atoms with E-state index in [1.165, 1.54) is 16.7 Å². The molecule has 20 heavy (non-hydrogen) atoms. The number of benzene rings is 2. The SMILES string of the molecule is Cc1ccc(CNCCCOc2ccccc2)cc1C. The summed E-state index contributed by atoms with van der Waals surface area (Å²) >= 11 is 0. The summed E-state index contributed by atoms with van der Waals surface area (Å²) in [6.07, 6.45) is 1.01. The van der Waals surface area contributed by atoms with Crippen LogP contribution in [0.15, 0.2) is 48.5 Å². The van der Waals surface area contributed by atoms with Gasteiger partial charge in [0.15, 0.2) is 0 Å². The Kier molecular flexibility index (Phi) is 5.63. The Hall–Kier alpha value is -1.80. The van der Waals surface area contributed by atoms with Crippen molar-refractivity contribution in [3.05, 3.63) is 65.2 Å². The fourth-order valence-electron chi connectivity index (χ4n) is 2.05. The number of hydrogen-bond acceptors (Lipinski definition) is 2. The Bertz CT molecular complexity index is 522. The maximum atomic E-state index is 5.65. The van der Waals surface area contributed by atoms with Crippen LogP contribution in [-0.2, 0) is 6.54 Å². The Labute approximate surface area is 121 Å². The van der Waals surface area contributed by atoms with Gasteiger partial charge in [0.05, 0.1) is 6.61 Å². The zero-order valence-corrected chi connectivity index (χ0v) is 12.4. The van der Waals surface area contributed by atoms with Gasteiger partial charge in [-0.2, -0.15) is 0 Å². The molecule has 0 radical (unpaired) electrons. The van der Waals surface area contributed by atoms with Crippen LogP contribution >= 0.6 is 0 Å². The van der Waals surface area contributed by atoms with Crippen LogP contribution in [-0.4, -0.2) is 13.2 Å². The number of nitrogens with one attached hydrogen (secondary N) is 1. The van der Waals surface area contributed by atoms with Gasteiger partial charge >= 0.3 is 0 Å². The minimum atomic E-state index is 0.754. The summed E-state index contributed by atoms with van der Waals surface area (Å²) in [5, 5.41) is 3.45. The fourth-order valence-corrected chi connectivity index (χ4v) is 2.05. The highest BCUT2D eigenvalue weighted by atomic mass is 16.5. The van der Waals surface area contributed by atoms with Crippen LogP contribution in [0.3, 0.4) is 0 Å². The van der Waals surface area contributed by atoms with Crippen molar-refractivity contribution in [3.63, 3.8) is 0 Å². The summed E-state index contributed by atoms with van der Waals surface area (Å²) in [6, 6.07) is 16.6. The number of rotatable bonds is 7. The lowest BCUT2D eigenvalue weighted by Gasteiger charge is -2.08. The van der Waals surface area contributed by atoms with Crippen molar-refractivity contribution in [3.8, 4) is 5.75 Å². The van der Waals surface area contributed by atoms with Gasteiger partial charge in [0.2, 0.25) is 0 Å². The zero-order chi connectivity index (χ0) is 14.2. The third kappa shape index (κ3) is 4.71. The quantitative estimate of drug-likeness (QED) is 0.771. The maximum absolute atomic E-state index is 5.65. The Morgan fingerprint density at radius 3 is 2.50 bits per heavy atom. The standard InChI is InChI=1S/C18H23NO/c1-15-9-10-17(13-16(15)2)14-19-11-6-12-20-18-7-4-3-5-8-18/h3-5,7-10,13,19H,6,11-12,14H2,1-2H3. The predicted molar refractivity (Wildman–Crippen MR) is 84.2 cm³/mol. The van der Waals surface area contributed by atoms with Crippen LogP contribution in [0.5, 0.6) is 5.75 Å². The van der Waals surface area contributed by atoms with E-state index in [1.807, 2.05) is 30.3 Å². The van der Waals surface area contributed by atoms with Crippen molar-refractivity contribution in [1.29, 1.82) is 0 Å². The van der Waals surface area contributed by atoms with Crippen molar-refractivity contribution < 1.29 is 4.74 Å². The second kappa shape index (κ2) is 7.71. The molecule has 2 aromatic rings. The Morgan fingerprint density at radius 2 is 1.75 bits per heavy atom. The van der Waals surface area contributed by atoms with Gasteiger partial charge in [-0.05, 0) is 55.6 Å². The summed E-state index contributed by atoms with van der Waals surface area (Å²) in [5.41, 5.74) is 4.05. The molecular weight excluding hydrogens is 246 g/mol. The summed E-state index contributed by atoms with van der Waals surface area (Å²) in [4.78, 5) is 0. The zero-order valence-electron chi connectivity index (χ0n) is 12.4. The minimum absolute atomic E-state index is 0.754. The number of para-hydroxylation sites is 1. The van der Waals surface area contributed by atoms with E-state index in [0.717, 1.165) is 31.9 Å². The largest absolute Gasteiger partial charge is 0.494 e. The molecule has 0 fully saturated rings. The van der Waals surface area contributed by atoms with E-state index in [0.29, 0.717) is 0 Å². The number of ether oxygens (including phenoxy) is 1. The Balaban J connectivity index is 1.61. The summed E-state index contributed by atoms with van der Waals surface area (Å²) in [5.74, 6) is 0.946. The molecule has 0 amide bonds. The van der Waals surface area contributed by atoms with Crippen molar-refractivity contribution in [2.75, 3.05) is 13.2 Å². The van der Waals surface area contributed by atoms with E-state index in [-0.39, 0.29) is 0 Å². The molecule has 0 bridgehead atoms. The van der Waals surface area contributed by atoms with Crippen molar-refractivity contribution in [2.45, 2.75) is 26.8 Å². The van der Waals surface area contributed by atoms with Crippen LogP contribution in [0, 0.1) is 13.8 Å². The van der Waals surface area contributed by atoms with Crippen molar-refractivity contribution in [1.82, 2.24) is 5.32 Å². The van der Waals surface area contributed by atoms with Gasteiger partial charge in [-0.25, -0.2) is 0 Å². The van der Waals surface area contributed by atoms with E-state index in [1.54, 1.807) is 0 Å². The first kappa shape index (κ1) is 14.6. The van der Waals surface area contributed by atoms with E-state index in [4.69, 9.17) is 4.74 Å². The van der Waals surface area contributed by atoms with Crippen LogP contribution in [0.4, 0.5) is 0 Å². The molecule has 106 valence electrons.